The molecule has 4 nitrogen and oxygen atoms in total. The van der Waals surface area contributed by atoms with Crippen LogP contribution in [-0.4, -0.2) is 74.0 Å². The van der Waals surface area contributed by atoms with Gasteiger partial charge in [0, 0.05) is 19.2 Å². The first-order valence-corrected chi connectivity index (χ1v) is 6.28. The van der Waals surface area contributed by atoms with Crippen LogP contribution in [0.15, 0.2) is 0 Å². The fourth-order valence-corrected chi connectivity index (χ4v) is 2.22. The van der Waals surface area contributed by atoms with Crippen LogP contribution in [0.2, 0.25) is 0 Å². The molecule has 0 aliphatic carbocycles. The molecular weight excluding hydrogens is 204 g/mol. The average molecular weight is 230 g/mol. The van der Waals surface area contributed by atoms with Crippen LogP contribution in [0.1, 0.15) is 19.8 Å². The van der Waals surface area contributed by atoms with Crippen LogP contribution in [0, 0.1) is 0 Å². The van der Waals surface area contributed by atoms with E-state index in [-0.39, 0.29) is 6.10 Å². The zero-order valence-electron chi connectivity index (χ0n) is 10.9. The van der Waals surface area contributed by atoms with Gasteiger partial charge in [0.05, 0.1) is 12.7 Å². The number of aliphatic hydroxyl groups is 1. The van der Waals surface area contributed by atoms with E-state index >= 15 is 0 Å². The van der Waals surface area contributed by atoms with Gasteiger partial charge in [-0.2, -0.15) is 0 Å². The van der Waals surface area contributed by atoms with Gasteiger partial charge < -0.3 is 19.6 Å². The number of piperidine rings is 1. The normalized spacial score (nSPS) is 21.6. The Kier molecular flexibility index (Phi) is 6.28. The Bertz CT molecular complexity index is 180. The molecule has 0 aromatic rings. The van der Waals surface area contributed by atoms with Gasteiger partial charge in [-0.25, -0.2) is 0 Å². The van der Waals surface area contributed by atoms with E-state index in [1.54, 1.807) is 0 Å². The SMILES string of the molecule is CCOCC(O)CN1CCC(N(C)C)CC1. The monoisotopic (exact) mass is 230 g/mol. The third-order valence-corrected chi connectivity index (χ3v) is 3.27. The van der Waals surface area contributed by atoms with Crippen molar-refractivity contribution in [1.29, 1.82) is 0 Å². The maximum Gasteiger partial charge on any atom is 0.0900 e. The molecule has 1 unspecified atom stereocenters. The number of nitrogens with zero attached hydrogens (tertiary/aromatic N) is 2. The Labute approximate surface area is 99.2 Å². The van der Waals surface area contributed by atoms with Crippen LogP contribution >= 0.6 is 0 Å². The van der Waals surface area contributed by atoms with Crippen molar-refractivity contribution < 1.29 is 9.84 Å². The highest BCUT2D eigenvalue weighted by Gasteiger charge is 2.21. The lowest BCUT2D eigenvalue weighted by atomic mass is 10.0. The van der Waals surface area contributed by atoms with Crippen molar-refractivity contribution in [2.45, 2.75) is 31.9 Å². The Morgan fingerprint density at radius 1 is 1.38 bits per heavy atom. The molecule has 1 heterocycles. The number of β-amino-alcohol motifs (C(OH)–C–C–N with tert-alkyl or cyclic N) is 1. The summed E-state index contributed by atoms with van der Waals surface area (Å²) in [5.74, 6) is 0. The van der Waals surface area contributed by atoms with Gasteiger partial charge in [-0.3, -0.25) is 0 Å². The Hall–Kier alpha value is -0.160. The molecular formula is C12H26N2O2. The van der Waals surface area contributed by atoms with Crippen molar-refractivity contribution in [2.24, 2.45) is 0 Å². The van der Waals surface area contributed by atoms with E-state index in [1.807, 2.05) is 6.92 Å². The lowest BCUT2D eigenvalue weighted by molar-refractivity contribution is 0.0130. The van der Waals surface area contributed by atoms with Crippen molar-refractivity contribution >= 4 is 0 Å². The molecule has 1 N–H and O–H groups in total. The molecule has 0 amide bonds. The lowest BCUT2D eigenvalue weighted by Gasteiger charge is -2.35. The van der Waals surface area contributed by atoms with Gasteiger partial charge in [-0.1, -0.05) is 0 Å². The van der Waals surface area contributed by atoms with Gasteiger partial charge in [0.1, 0.15) is 0 Å². The molecule has 96 valence electrons. The highest BCUT2D eigenvalue weighted by molar-refractivity contribution is 4.78. The van der Waals surface area contributed by atoms with Crippen LogP contribution in [0.25, 0.3) is 0 Å². The fraction of sp³-hybridized carbons (Fsp3) is 1.00. The third-order valence-electron chi connectivity index (χ3n) is 3.27. The molecule has 0 aromatic heterocycles. The molecule has 4 heteroatoms. The van der Waals surface area contributed by atoms with E-state index in [0.29, 0.717) is 19.3 Å². The molecule has 1 saturated heterocycles. The van der Waals surface area contributed by atoms with E-state index in [2.05, 4.69) is 23.9 Å². The van der Waals surface area contributed by atoms with Gasteiger partial charge >= 0.3 is 0 Å². The summed E-state index contributed by atoms with van der Waals surface area (Å²) in [5, 5.41) is 9.73. The topological polar surface area (TPSA) is 35.9 Å². The molecule has 0 aromatic carbocycles. The van der Waals surface area contributed by atoms with Crippen molar-refractivity contribution in [3.05, 3.63) is 0 Å². The summed E-state index contributed by atoms with van der Waals surface area (Å²) in [7, 11) is 4.29. The third kappa shape index (κ3) is 4.78. The molecule has 1 aliphatic rings. The highest BCUT2D eigenvalue weighted by Crippen LogP contribution is 2.14. The lowest BCUT2D eigenvalue weighted by Crippen LogP contribution is -2.45. The summed E-state index contributed by atoms with van der Waals surface area (Å²) in [5.41, 5.74) is 0. The Morgan fingerprint density at radius 3 is 2.50 bits per heavy atom. The predicted molar refractivity (Wildman–Crippen MR) is 65.6 cm³/mol. The Morgan fingerprint density at radius 2 is 2.00 bits per heavy atom. The molecule has 16 heavy (non-hydrogen) atoms. The summed E-state index contributed by atoms with van der Waals surface area (Å²) in [4.78, 5) is 4.64. The molecule has 0 saturated carbocycles. The summed E-state index contributed by atoms with van der Waals surface area (Å²) >= 11 is 0. The smallest absolute Gasteiger partial charge is 0.0900 e. The number of hydrogen-bond donors (Lipinski definition) is 1. The average Bonchev–Trinajstić information content (AvgIpc) is 2.27. The van der Waals surface area contributed by atoms with Gasteiger partial charge in [-0.05, 0) is 47.0 Å². The van der Waals surface area contributed by atoms with Crippen LogP contribution < -0.4 is 0 Å². The van der Waals surface area contributed by atoms with Gasteiger partial charge in [0.25, 0.3) is 0 Å². The minimum absolute atomic E-state index is 0.337. The first-order chi connectivity index (χ1) is 7.63. The molecule has 0 radical (unpaired) electrons. The Balaban J connectivity index is 2.16. The summed E-state index contributed by atoms with van der Waals surface area (Å²) in [6.07, 6.45) is 2.07. The molecule has 1 rings (SSSR count). The van der Waals surface area contributed by atoms with Gasteiger partial charge in [0.15, 0.2) is 0 Å². The highest BCUT2D eigenvalue weighted by atomic mass is 16.5. The predicted octanol–water partition coefficient (Wildman–Crippen LogP) is 0.410. The second kappa shape index (κ2) is 7.22. The first kappa shape index (κ1) is 13.9. The van der Waals surface area contributed by atoms with Crippen molar-refractivity contribution in [3.63, 3.8) is 0 Å². The summed E-state index contributed by atoms with van der Waals surface area (Å²) in [6.45, 7) is 6.03. The van der Waals surface area contributed by atoms with Crippen molar-refractivity contribution in [3.8, 4) is 0 Å². The van der Waals surface area contributed by atoms with Gasteiger partial charge in [-0.15, -0.1) is 0 Å². The number of rotatable bonds is 6. The number of aliphatic hydroxyl groups excluding tert-OH is 1. The van der Waals surface area contributed by atoms with E-state index in [1.165, 1.54) is 12.8 Å². The molecule has 0 spiro atoms. The second-order valence-electron chi connectivity index (χ2n) is 4.81. The number of ether oxygens (including phenoxy) is 1. The minimum atomic E-state index is -0.337. The van der Waals surface area contributed by atoms with Crippen LogP contribution in [0.3, 0.4) is 0 Å². The fourth-order valence-electron chi connectivity index (χ4n) is 2.22. The summed E-state index contributed by atoms with van der Waals surface area (Å²) in [6, 6.07) is 0.709. The number of likely N-dealkylation sites (tertiary alicyclic amines) is 1. The standard InChI is InChI=1S/C12H26N2O2/c1-4-16-10-12(15)9-14-7-5-11(6-8-14)13(2)3/h11-12,15H,4-10H2,1-3H3. The van der Waals surface area contributed by atoms with E-state index in [9.17, 15) is 5.11 Å². The van der Waals surface area contributed by atoms with E-state index in [0.717, 1.165) is 19.6 Å². The van der Waals surface area contributed by atoms with Crippen LogP contribution in [0.5, 0.6) is 0 Å². The second-order valence-corrected chi connectivity index (χ2v) is 4.81. The first-order valence-electron chi connectivity index (χ1n) is 6.28. The molecule has 1 aliphatic heterocycles. The maximum absolute atomic E-state index is 9.73. The zero-order chi connectivity index (χ0) is 12.0. The quantitative estimate of drug-likeness (QED) is 0.717. The molecule has 1 atom stereocenters. The molecule has 0 bridgehead atoms. The maximum atomic E-state index is 9.73. The van der Waals surface area contributed by atoms with Gasteiger partial charge in [0.2, 0.25) is 0 Å². The zero-order valence-corrected chi connectivity index (χ0v) is 10.9. The minimum Gasteiger partial charge on any atom is -0.389 e. The summed E-state index contributed by atoms with van der Waals surface area (Å²) < 4.78 is 5.21. The molecule has 1 fully saturated rings. The largest absolute Gasteiger partial charge is 0.389 e. The van der Waals surface area contributed by atoms with Crippen LogP contribution in [-0.2, 0) is 4.74 Å². The van der Waals surface area contributed by atoms with Crippen LogP contribution in [0.4, 0.5) is 0 Å². The van der Waals surface area contributed by atoms with Crippen molar-refractivity contribution in [1.82, 2.24) is 9.80 Å². The van der Waals surface area contributed by atoms with Crippen molar-refractivity contribution in [2.75, 3.05) is 46.9 Å². The van der Waals surface area contributed by atoms with E-state index < -0.39 is 0 Å². The number of hydrogen-bond acceptors (Lipinski definition) is 4. The van der Waals surface area contributed by atoms with E-state index in [4.69, 9.17) is 4.74 Å².